The Bertz CT molecular complexity index is 2300. The number of hydrogen-bond acceptors (Lipinski definition) is 8. The van der Waals surface area contributed by atoms with E-state index in [1.165, 1.54) is 6.07 Å². The Kier molecular flexibility index (Phi) is 8.96. The van der Waals surface area contributed by atoms with E-state index in [1.807, 2.05) is 35.8 Å². The minimum absolute atomic E-state index is 0.00903. The molecule has 5 aliphatic rings. The molecule has 4 aromatic heterocycles. The van der Waals surface area contributed by atoms with Gasteiger partial charge < -0.3 is 24.6 Å². The van der Waals surface area contributed by atoms with Gasteiger partial charge in [0.05, 0.1) is 16.8 Å². The predicted molar refractivity (Wildman–Crippen MR) is 201 cm³/mol. The first kappa shape index (κ1) is 36.1. The summed E-state index contributed by atoms with van der Waals surface area (Å²) >= 11 is 0. The predicted octanol–water partition coefficient (Wildman–Crippen LogP) is 7.65. The molecule has 14 heteroatoms. The van der Waals surface area contributed by atoms with Crippen LogP contribution in [-0.4, -0.2) is 66.2 Å². The number of carboxylic acids is 1. The van der Waals surface area contributed by atoms with Crippen molar-refractivity contribution in [1.82, 2.24) is 29.8 Å². The number of anilines is 1. The summed E-state index contributed by atoms with van der Waals surface area (Å²) in [5, 5.41) is 14.0. The van der Waals surface area contributed by atoms with Gasteiger partial charge in [-0.05, 0) is 105 Å². The lowest BCUT2D eigenvalue weighted by atomic mass is 9.58. The zero-order valence-electron chi connectivity index (χ0n) is 30.9. The number of carboxylic acid groups (broad SMARTS) is 1. The molecule has 2 N–H and O–H groups in total. The Morgan fingerprint density at radius 3 is 2.39 bits per heavy atom. The average molecular weight is 766 g/mol. The third-order valence-electron chi connectivity index (χ3n) is 12.7. The second-order valence-corrected chi connectivity index (χ2v) is 16.0. The lowest BCUT2D eigenvalue weighted by Crippen LogP contribution is -2.66. The largest absolute Gasteiger partial charge is 0.490 e. The summed E-state index contributed by atoms with van der Waals surface area (Å²) in [7, 11) is 0. The van der Waals surface area contributed by atoms with Gasteiger partial charge in [-0.3, -0.25) is 4.79 Å². The number of amides is 1. The number of fused-ring (bicyclic) bond motifs is 2. The third kappa shape index (κ3) is 6.32. The number of rotatable bonds is 8. The van der Waals surface area contributed by atoms with E-state index in [4.69, 9.17) is 4.74 Å². The summed E-state index contributed by atoms with van der Waals surface area (Å²) in [6.07, 6.45) is 7.75. The molecule has 4 bridgehead atoms. The number of nitrogens with zero attached hydrogens (tertiary/aromatic N) is 6. The standard InChI is InChI=1S/C42H42F3N7O4/c1-24-4-2-13-46-37(24)52-23-33(31-8-7-30(22-35(31)52)56-29-11-16-51(17-12-29)40-47-14-3-15-48-40)34-10-9-32(36(49-34)42(43,44)45)38(53)50-41(39(54)55)27-6-5-25-18-26(20-27)21-28(41)19-25/h2-4,7-10,13-15,22-23,25-29H,5-6,11-12,16-21H2,1H3,(H,50,53)(H,54,55). The Labute approximate surface area is 321 Å². The number of carbonyl (C=O) groups is 2. The Hall–Kier alpha value is -5.53. The van der Waals surface area contributed by atoms with Crippen molar-refractivity contribution in [2.45, 2.75) is 76.1 Å². The van der Waals surface area contributed by atoms with Crippen molar-refractivity contribution in [2.24, 2.45) is 23.7 Å². The van der Waals surface area contributed by atoms with Crippen LogP contribution in [0.15, 0.2) is 73.3 Å². The number of hydrogen-bond donors (Lipinski definition) is 2. The molecule has 290 valence electrons. The fourth-order valence-corrected chi connectivity index (χ4v) is 10.1. The number of benzene rings is 1. The van der Waals surface area contributed by atoms with Crippen molar-refractivity contribution >= 4 is 28.7 Å². The highest BCUT2D eigenvalue weighted by Crippen LogP contribution is 2.56. The van der Waals surface area contributed by atoms with Crippen molar-refractivity contribution < 1.29 is 32.6 Å². The molecule has 1 amide bonds. The molecule has 5 atom stereocenters. The van der Waals surface area contributed by atoms with Gasteiger partial charge in [-0.25, -0.2) is 24.7 Å². The van der Waals surface area contributed by atoms with Crippen LogP contribution in [0.3, 0.4) is 0 Å². The van der Waals surface area contributed by atoms with Gasteiger partial charge >= 0.3 is 12.1 Å². The molecule has 56 heavy (non-hydrogen) atoms. The van der Waals surface area contributed by atoms with E-state index in [0.717, 1.165) is 50.4 Å². The van der Waals surface area contributed by atoms with Crippen molar-refractivity contribution in [3.8, 4) is 22.8 Å². The molecule has 1 aromatic carbocycles. The lowest BCUT2D eigenvalue weighted by Gasteiger charge is -2.50. The van der Waals surface area contributed by atoms with E-state index in [-0.39, 0.29) is 23.6 Å². The molecule has 1 saturated heterocycles. The summed E-state index contributed by atoms with van der Waals surface area (Å²) in [5.74, 6) is -0.269. The maximum atomic E-state index is 14.9. The number of aromatic nitrogens is 5. The highest BCUT2D eigenvalue weighted by molar-refractivity contribution is 6.01. The zero-order valence-corrected chi connectivity index (χ0v) is 30.9. The molecule has 1 aliphatic heterocycles. The highest BCUT2D eigenvalue weighted by atomic mass is 19.4. The van der Waals surface area contributed by atoms with E-state index in [1.54, 1.807) is 36.9 Å². The SMILES string of the molecule is Cc1cccnc1-n1cc(-c2ccc(C(=O)NC3(C(=O)O)C4CCC5CC(C4)CC3C5)c(C(F)(F)F)n2)c2ccc(OC3CCN(c4ncccn4)CC3)cc21. The van der Waals surface area contributed by atoms with Crippen LogP contribution in [0.2, 0.25) is 0 Å². The molecule has 5 aromatic rings. The molecule has 5 fully saturated rings. The Morgan fingerprint density at radius 2 is 1.64 bits per heavy atom. The normalized spacial score (nSPS) is 25.0. The summed E-state index contributed by atoms with van der Waals surface area (Å²) in [5.41, 5.74) is -1.75. The lowest BCUT2D eigenvalue weighted by molar-refractivity contribution is -0.154. The number of nitrogens with one attached hydrogen (secondary N) is 1. The maximum absolute atomic E-state index is 14.9. The quantitative estimate of drug-likeness (QED) is 0.163. The summed E-state index contributed by atoms with van der Waals surface area (Å²) in [6.45, 7) is 3.36. The van der Waals surface area contributed by atoms with Crippen LogP contribution in [0.1, 0.15) is 73.0 Å². The summed E-state index contributed by atoms with van der Waals surface area (Å²) in [6, 6.07) is 13.5. The maximum Gasteiger partial charge on any atom is 0.434 e. The molecule has 0 radical (unpaired) electrons. The second kappa shape index (κ2) is 13.9. The topological polar surface area (TPSA) is 135 Å². The van der Waals surface area contributed by atoms with Crippen molar-refractivity contribution in [2.75, 3.05) is 18.0 Å². The number of aliphatic carboxylic acids is 1. The fourth-order valence-electron chi connectivity index (χ4n) is 10.1. The monoisotopic (exact) mass is 765 g/mol. The number of ether oxygens (including phenoxy) is 1. The van der Waals surface area contributed by atoms with Gasteiger partial charge in [0.25, 0.3) is 5.91 Å². The van der Waals surface area contributed by atoms with Gasteiger partial charge in [0, 0.05) is 67.7 Å². The number of aryl methyl sites for hydroxylation is 1. The molecule has 5 unspecified atom stereocenters. The third-order valence-corrected chi connectivity index (χ3v) is 12.7. The number of pyridine rings is 2. The molecule has 4 aliphatic carbocycles. The van der Waals surface area contributed by atoms with Crippen molar-refractivity contribution in [3.63, 3.8) is 0 Å². The first-order valence-corrected chi connectivity index (χ1v) is 19.4. The van der Waals surface area contributed by atoms with Crippen LogP contribution in [0.25, 0.3) is 28.0 Å². The molecular weight excluding hydrogens is 724 g/mol. The van der Waals surface area contributed by atoms with Gasteiger partial charge in [-0.2, -0.15) is 13.2 Å². The number of carbonyl (C=O) groups excluding carboxylic acids is 1. The zero-order chi connectivity index (χ0) is 38.8. The van der Waals surface area contributed by atoms with Crippen LogP contribution in [0, 0.1) is 30.6 Å². The Balaban J connectivity index is 1.05. The number of alkyl halides is 3. The van der Waals surface area contributed by atoms with Crippen molar-refractivity contribution in [3.05, 3.63) is 90.1 Å². The second-order valence-electron chi connectivity index (χ2n) is 16.0. The molecule has 4 saturated carbocycles. The number of piperidine rings is 1. The van der Waals surface area contributed by atoms with Crippen LogP contribution >= 0.6 is 0 Å². The molecule has 5 heterocycles. The van der Waals surface area contributed by atoms with Gasteiger partial charge in [0.2, 0.25) is 5.95 Å². The molecular formula is C42H42F3N7O4. The first-order valence-electron chi connectivity index (χ1n) is 19.4. The minimum Gasteiger partial charge on any atom is -0.490 e. The minimum atomic E-state index is -5.00. The molecule has 0 spiro atoms. The van der Waals surface area contributed by atoms with E-state index in [9.17, 15) is 27.9 Å². The van der Waals surface area contributed by atoms with E-state index < -0.39 is 34.8 Å². The van der Waals surface area contributed by atoms with Crippen LogP contribution in [-0.2, 0) is 11.0 Å². The van der Waals surface area contributed by atoms with Gasteiger partial charge in [-0.15, -0.1) is 0 Å². The van der Waals surface area contributed by atoms with Gasteiger partial charge in [-0.1, -0.05) is 12.5 Å². The smallest absolute Gasteiger partial charge is 0.434 e. The summed E-state index contributed by atoms with van der Waals surface area (Å²) < 4.78 is 53.1. The molecule has 10 rings (SSSR count). The first-order chi connectivity index (χ1) is 27.0. The van der Waals surface area contributed by atoms with Gasteiger partial charge in [0.15, 0.2) is 5.69 Å². The Morgan fingerprint density at radius 1 is 0.893 bits per heavy atom. The van der Waals surface area contributed by atoms with E-state index in [2.05, 4.69) is 30.2 Å². The number of halogens is 3. The summed E-state index contributed by atoms with van der Waals surface area (Å²) in [4.78, 5) is 46.6. The molecule has 11 nitrogen and oxygen atoms in total. The van der Waals surface area contributed by atoms with Gasteiger partial charge in [0.1, 0.15) is 23.2 Å². The van der Waals surface area contributed by atoms with E-state index in [0.29, 0.717) is 71.5 Å². The van der Waals surface area contributed by atoms with Crippen LogP contribution in [0.5, 0.6) is 5.75 Å². The fraction of sp³-hybridized carbons (Fsp3) is 0.429. The average Bonchev–Trinajstić information content (AvgIpc) is 3.44. The van der Waals surface area contributed by atoms with Crippen molar-refractivity contribution in [1.29, 1.82) is 0 Å². The highest BCUT2D eigenvalue weighted by Gasteiger charge is 2.60. The van der Waals surface area contributed by atoms with Crippen LogP contribution < -0.4 is 15.0 Å². The van der Waals surface area contributed by atoms with E-state index >= 15 is 0 Å². The van der Waals surface area contributed by atoms with Crippen LogP contribution in [0.4, 0.5) is 19.1 Å².